The van der Waals surface area contributed by atoms with E-state index in [1.807, 2.05) is 38.1 Å². The highest BCUT2D eigenvalue weighted by Crippen LogP contribution is 2.29. The van der Waals surface area contributed by atoms with Gasteiger partial charge in [-0.25, -0.2) is 0 Å². The maximum Gasteiger partial charge on any atom is 0.257 e. The van der Waals surface area contributed by atoms with Crippen molar-refractivity contribution in [1.29, 1.82) is 0 Å². The molecule has 2 heterocycles. The normalized spacial score (nSPS) is 10.9. The molecule has 2 aromatic heterocycles. The van der Waals surface area contributed by atoms with Gasteiger partial charge >= 0.3 is 0 Å². The van der Waals surface area contributed by atoms with Crippen molar-refractivity contribution in [2.75, 3.05) is 5.32 Å². The number of carbonyl (C=O) groups excluding carboxylic acids is 1. The van der Waals surface area contributed by atoms with Gasteiger partial charge in [0.05, 0.1) is 0 Å². The highest BCUT2D eigenvalue weighted by atomic mass is 79.9. The number of amides is 1. The number of anilines is 1. The zero-order valence-electron chi connectivity index (χ0n) is 15.4. The number of fused-ring (bicyclic) bond motifs is 1. The van der Waals surface area contributed by atoms with Crippen LogP contribution in [0.5, 0.6) is 0 Å². The van der Waals surface area contributed by atoms with E-state index in [9.17, 15) is 4.79 Å². The molecule has 0 fully saturated rings. The van der Waals surface area contributed by atoms with E-state index >= 15 is 0 Å². The van der Waals surface area contributed by atoms with E-state index in [0.29, 0.717) is 5.56 Å². The molecule has 146 valence electrons. The molecule has 4 rings (SSSR count). The second-order valence-electron chi connectivity index (χ2n) is 6.30. The van der Waals surface area contributed by atoms with E-state index in [-0.39, 0.29) is 11.0 Å². The van der Waals surface area contributed by atoms with Gasteiger partial charge in [-0.1, -0.05) is 45.5 Å². The molecule has 0 aliphatic rings. The zero-order chi connectivity index (χ0) is 20.5. The number of halogens is 1. The molecular weight excluding hydrogens is 472 g/mol. The Labute approximate surface area is 184 Å². The van der Waals surface area contributed by atoms with Gasteiger partial charge in [0.1, 0.15) is 5.01 Å². The number of hydrogen-bond acceptors (Lipinski definition) is 6. The molecule has 0 saturated heterocycles. The zero-order valence-corrected chi connectivity index (χ0v) is 18.7. The molecule has 1 amide bonds. The SMILES string of the molecule is Cc1ccc(-c2nn3c(C)nnc3s2)cc1NC(=S)NC(=O)c1cccc(Br)c1. The Morgan fingerprint density at radius 3 is 2.76 bits per heavy atom. The number of thiocarbonyl (C=S) groups is 1. The minimum atomic E-state index is -0.276. The van der Waals surface area contributed by atoms with Crippen molar-refractivity contribution in [3.05, 3.63) is 63.9 Å². The van der Waals surface area contributed by atoms with Gasteiger partial charge in [0.2, 0.25) is 4.96 Å². The molecule has 0 aliphatic heterocycles. The van der Waals surface area contributed by atoms with Crippen LogP contribution >= 0.6 is 39.5 Å². The predicted octanol–water partition coefficient (Wildman–Crippen LogP) is 4.36. The fraction of sp³-hybridized carbons (Fsp3) is 0.105. The van der Waals surface area contributed by atoms with E-state index in [1.165, 1.54) is 11.3 Å². The van der Waals surface area contributed by atoms with Crippen molar-refractivity contribution in [2.45, 2.75) is 13.8 Å². The summed E-state index contributed by atoms with van der Waals surface area (Å²) in [4.78, 5) is 13.1. The molecule has 10 heteroatoms. The summed E-state index contributed by atoms with van der Waals surface area (Å²) in [7, 11) is 0. The summed E-state index contributed by atoms with van der Waals surface area (Å²) in [5, 5.41) is 19.5. The van der Waals surface area contributed by atoms with Crippen LogP contribution in [0, 0.1) is 13.8 Å². The van der Waals surface area contributed by atoms with Crippen LogP contribution in [0.15, 0.2) is 46.9 Å². The summed E-state index contributed by atoms with van der Waals surface area (Å²) in [5.74, 6) is 0.464. The summed E-state index contributed by atoms with van der Waals surface area (Å²) < 4.78 is 2.54. The minimum Gasteiger partial charge on any atom is -0.332 e. The van der Waals surface area contributed by atoms with Gasteiger partial charge in [0.15, 0.2) is 10.9 Å². The average molecular weight is 487 g/mol. The monoisotopic (exact) mass is 486 g/mol. The molecule has 29 heavy (non-hydrogen) atoms. The predicted molar refractivity (Wildman–Crippen MR) is 121 cm³/mol. The first-order valence-corrected chi connectivity index (χ1v) is 10.6. The molecule has 0 unspecified atom stereocenters. The van der Waals surface area contributed by atoms with Gasteiger partial charge < -0.3 is 5.32 Å². The molecule has 2 N–H and O–H groups in total. The standard InChI is InChI=1S/C19H15BrN6OS2/c1-10-6-7-13(17-25-26-11(2)23-24-19(26)29-17)9-15(10)21-18(28)22-16(27)12-4-3-5-14(20)8-12/h3-9H,1-2H3,(H2,21,22,27,28). The largest absolute Gasteiger partial charge is 0.332 e. The Morgan fingerprint density at radius 2 is 2.00 bits per heavy atom. The van der Waals surface area contributed by atoms with Crippen LogP contribution in [0.3, 0.4) is 0 Å². The maximum absolute atomic E-state index is 12.4. The van der Waals surface area contributed by atoms with Crippen molar-refractivity contribution >= 4 is 61.2 Å². The highest BCUT2D eigenvalue weighted by Gasteiger charge is 2.13. The number of aromatic nitrogens is 4. The fourth-order valence-electron chi connectivity index (χ4n) is 2.68. The van der Waals surface area contributed by atoms with Crippen LogP contribution in [0.4, 0.5) is 5.69 Å². The third-order valence-electron chi connectivity index (χ3n) is 4.19. The second-order valence-corrected chi connectivity index (χ2v) is 8.58. The number of nitrogens with one attached hydrogen (secondary N) is 2. The number of benzene rings is 2. The van der Waals surface area contributed by atoms with Crippen molar-refractivity contribution in [3.63, 3.8) is 0 Å². The smallest absolute Gasteiger partial charge is 0.257 e. The van der Waals surface area contributed by atoms with Gasteiger partial charge in [-0.2, -0.15) is 9.61 Å². The molecule has 4 aromatic rings. The molecule has 7 nitrogen and oxygen atoms in total. The van der Waals surface area contributed by atoms with E-state index in [2.05, 4.69) is 41.9 Å². The number of rotatable bonds is 3. The van der Waals surface area contributed by atoms with Crippen LogP contribution in [-0.2, 0) is 0 Å². The first kappa shape index (κ1) is 19.6. The molecule has 0 atom stereocenters. The third-order valence-corrected chi connectivity index (χ3v) is 5.84. The number of nitrogens with zero attached hydrogens (tertiary/aromatic N) is 4. The van der Waals surface area contributed by atoms with E-state index < -0.39 is 0 Å². The quantitative estimate of drug-likeness (QED) is 0.418. The van der Waals surface area contributed by atoms with Crippen LogP contribution in [0.2, 0.25) is 0 Å². The summed E-state index contributed by atoms with van der Waals surface area (Å²) in [6, 6.07) is 13.0. The van der Waals surface area contributed by atoms with Gasteiger partial charge in [-0.3, -0.25) is 10.1 Å². The summed E-state index contributed by atoms with van der Waals surface area (Å²) >= 11 is 10.1. The van der Waals surface area contributed by atoms with E-state index in [4.69, 9.17) is 12.2 Å². The molecule has 0 saturated carbocycles. The number of carbonyl (C=O) groups is 1. The van der Waals surface area contributed by atoms with Crippen LogP contribution in [-0.4, -0.2) is 30.8 Å². The summed E-state index contributed by atoms with van der Waals surface area (Å²) in [6.07, 6.45) is 0. The average Bonchev–Trinajstić information content (AvgIpc) is 3.26. The number of aryl methyl sites for hydroxylation is 2. The molecule has 0 aliphatic carbocycles. The Bertz CT molecular complexity index is 1250. The summed E-state index contributed by atoms with van der Waals surface area (Å²) in [6.45, 7) is 3.82. The Balaban J connectivity index is 1.53. The van der Waals surface area contributed by atoms with Crippen LogP contribution in [0.25, 0.3) is 15.5 Å². The number of hydrogen-bond donors (Lipinski definition) is 2. The van der Waals surface area contributed by atoms with Crippen LogP contribution < -0.4 is 10.6 Å². The van der Waals surface area contributed by atoms with Crippen molar-refractivity contribution in [1.82, 2.24) is 25.1 Å². The topological polar surface area (TPSA) is 84.2 Å². The lowest BCUT2D eigenvalue weighted by atomic mass is 10.1. The van der Waals surface area contributed by atoms with E-state index in [1.54, 1.807) is 22.7 Å². The first-order valence-electron chi connectivity index (χ1n) is 8.58. The van der Waals surface area contributed by atoms with Gasteiger partial charge in [-0.15, -0.1) is 10.2 Å². The fourth-order valence-corrected chi connectivity index (χ4v) is 4.16. The van der Waals surface area contributed by atoms with Gasteiger partial charge in [0, 0.05) is 21.3 Å². The molecule has 2 aromatic carbocycles. The second kappa shape index (κ2) is 7.97. The Morgan fingerprint density at radius 1 is 1.17 bits per heavy atom. The van der Waals surface area contributed by atoms with E-state index in [0.717, 1.165) is 37.1 Å². The third kappa shape index (κ3) is 4.19. The Hall–Kier alpha value is -2.69. The molecule has 0 radical (unpaired) electrons. The lowest BCUT2D eigenvalue weighted by Gasteiger charge is -2.13. The van der Waals surface area contributed by atoms with Crippen molar-refractivity contribution in [3.8, 4) is 10.6 Å². The lowest BCUT2D eigenvalue weighted by molar-refractivity contribution is 0.0977. The maximum atomic E-state index is 12.4. The highest BCUT2D eigenvalue weighted by molar-refractivity contribution is 9.10. The molecule has 0 spiro atoms. The Kier molecular flexibility index (Phi) is 5.39. The van der Waals surface area contributed by atoms with Crippen LogP contribution in [0.1, 0.15) is 21.7 Å². The lowest BCUT2D eigenvalue weighted by Crippen LogP contribution is -2.34. The van der Waals surface area contributed by atoms with Crippen molar-refractivity contribution < 1.29 is 4.79 Å². The molecular formula is C19H15BrN6OS2. The van der Waals surface area contributed by atoms with Crippen molar-refractivity contribution in [2.24, 2.45) is 0 Å². The van der Waals surface area contributed by atoms with Gasteiger partial charge in [-0.05, 0) is 55.9 Å². The van der Waals surface area contributed by atoms with Gasteiger partial charge in [0.25, 0.3) is 5.91 Å². The first-order chi connectivity index (χ1) is 13.9. The summed E-state index contributed by atoms with van der Waals surface area (Å²) in [5.41, 5.74) is 3.23. The molecule has 0 bridgehead atoms. The minimum absolute atomic E-state index is 0.226.